The van der Waals surface area contributed by atoms with E-state index >= 15 is 0 Å². The molecule has 4 rings (SSSR count). The third kappa shape index (κ3) is 2.64. The van der Waals surface area contributed by atoms with Gasteiger partial charge in [-0.25, -0.2) is 0 Å². The highest BCUT2D eigenvalue weighted by atomic mass is 32.1. The number of aryl methyl sites for hydroxylation is 2. The number of rotatable bonds is 4. The van der Waals surface area contributed by atoms with Gasteiger partial charge >= 0.3 is 0 Å². The Morgan fingerprint density at radius 3 is 2.83 bits per heavy atom. The summed E-state index contributed by atoms with van der Waals surface area (Å²) in [6, 6.07) is 14.4. The molecule has 23 heavy (non-hydrogen) atoms. The number of hydrogen-bond donors (Lipinski definition) is 2. The van der Waals surface area contributed by atoms with Crippen LogP contribution in [-0.4, -0.2) is 12.6 Å². The molecule has 1 aliphatic heterocycles. The van der Waals surface area contributed by atoms with Crippen molar-refractivity contribution in [3.8, 4) is 11.5 Å². The van der Waals surface area contributed by atoms with Gasteiger partial charge in [-0.3, -0.25) is 5.41 Å². The molecule has 0 saturated carbocycles. The number of benzene rings is 2. The van der Waals surface area contributed by atoms with Gasteiger partial charge in [0.2, 0.25) is 6.79 Å². The van der Waals surface area contributed by atoms with Gasteiger partial charge in [-0.2, -0.15) is 0 Å². The van der Waals surface area contributed by atoms with E-state index in [0.29, 0.717) is 6.79 Å². The standard InChI is InChI=1S/C18H16N2O2S/c19-18(20)17-9-13-12(2-1-3-16(13)23-17)6-4-11-5-7-14-15(8-11)22-10-21-14/h1-3,5,7-9H,4,6,10H2,(H3,19,20). The summed E-state index contributed by atoms with van der Waals surface area (Å²) >= 11 is 1.57. The van der Waals surface area contributed by atoms with Crippen molar-refractivity contribution < 1.29 is 9.47 Å². The molecule has 0 saturated heterocycles. The maximum Gasteiger partial charge on any atom is 0.231 e. The van der Waals surface area contributed by atoms with Gasteiger partial charge in [0, 0.05) is 4.70 Å². The SMILES string of the molecule is N=C(N)c1cc2c(CCc3ccc4c(c3)OCO4)cccc2s1. The lowest BCUT2D eigenvalue weighted by Crippen LogP contribution is -2.08. The van der Waals surface area contributed by atoms with E-state index in [1.54, 1.807) is 11.3 Å². The van der Waals surface area contributed by atoms with Crippen molar-refractivity contribution >= 4 is 27.3 Å². The summed E-state index contributed by atoms with van der Waals surface area (Å²) in [5, 5.41) is 8.81. The Labute approximate surface area is 138 Å². The first kappa shape index (κ1) is 14.1. The molecular weight excluding hydrogens is 308 g/mol. The van der Waals surface area contributed by atoms with E-state index in [4.69, 9.17) is 20.6 Å². The van der Waals surface area contributed by atoms with Gasteiger partial charge in [-0.15, -0.1) is 11.3 Å². The Bertz CT molecular complexity index is 901. The van der Waals surface area contributed by atoms with E-state index in [9.17, 15) is 0 Å². The zero-order chi connectivity index (χ0) is 15.8. The Kier molecular flexibility index (Phi) is 3.42. The van der Waals surface area contributed by atoms with Crippen molar-refractivity contribution in [1.82, 2.24) is 0 Å². The van der Waals surface area contributed by atoms with Gasteiger partial charge in [0.25, 0.3) is 0 Å². The van der Waals surface area contributed by atoms with Crippen LogP contribution in [0.1, 0.15) is 16.0 Å². The van der Waals surface area contributed by atoms with Crippen molar-refractivity contribution in [2.45, 2.75) is 12.8 Å². The molecule has 1 aromatic heterocycles. The summed E-state index contributed by atoms with van der Waals surface area (Å²) in [5.41, 5.74) is 8.12. The highest BCUT2D eigenvalue weighted by Crippen LogP contribution is 2.33. The van der Waals surface area contributed by atoms with Crippen LogP contribution in [0.5, 0.6) is 11.5 Å². The zero-order valence-electron chi connectivity index (χ0n) is 12.5. The summed E-state index contributed by atoms with van der Waals surface area (Å²) < 4.78 is 12.0. The average Bonchev–Trinajstić information content (AvgIpc) is 3.18. The molecule has 0 amide bonds. The molecule has 0 aliphatic carbocycles. The smallest absolute Gasteiger partial charge is 0.231 e. The van der Waals surface area contributed by atoms with Crippen LogP contribution in [-0.2, 0) is 12.8 Å². The first-order valence-electron chi connectivity index (χ1n) is 7.45. The Balaban J connectivity index is 1.59. The molecule has 1 aliphatic rings. The second-order valence-electron chi connectivity index (χ2n) is 5.54. The van der Waals surface area contributed by atoms with Crippen LogP contribution < -0.4 is 15.2 Å². The topological polar surface area (TPSA) is 68.3 Å². The molecule has 5 heteroatoms. The van der Waals surface area contributed by atoms with Gasteiger partial charge in [0.15, 0.2) is 11.5 Å². The van der Waals surface area contributed by atoms with Crippen LogP contribution in [0.2, 0.25) is 0 Å². The minimum atomic E-state index is 0.132. The lowest BCUT2D eigenvalue weighted by Gasteiger charge is -2.05. The largest absolute Gasteiger partial charge is 0.454 e. The van der Waals surface area contributed by atoms with E-state index in [2.05, 4.69) is 30.3 Å². The van der Waals surface area contributed by atoms with Gasteiger partial charge < -0.3 is 15.2 Å². The van der Waals surface area contributed by atoms with Gasteiger partial charge in [0.05, 0.1) is 4.88 Å². The number of ether oxygens (including phenoxy) is 2. The normalized spacial score (nSPS) is 12.7. The fraction of sp³-hybridized carbons (Fsp3) is 0.167. The molecule has 116 valence electrons. The van der Waals surface area contributed by atoms with Crippen LogP contribution in [0, 0.1) is 5.41 Å². The Hall–Kier alpha value is -2.53. The summed E-state index contributed by atoms with van der Waals surface area (Å²) in [4.78, 5) is 0.829. The first-order chi connectivity index (χ1) is 11.2. The Morgan fingerprint density at radius 1 is 1.09 bits per heavy atom. The molecule has 3 N–H and O–H groups in total. The van der Waals surface area contributed by atoms with Gasteiger partial charge in [-0.05, 0) is 53.6 Å². The lowest BCUT2D eigenvalue weighted by atomic mass is 10.0. The number of nitrogens with one attached hydrogen (secondary N) is 1. The molecule has 4 nitrogen and oxygen atoms in total. The molecular formula is C18H16N2O2S. The highest BCUT2D eigenvalue weighted by molar-refractivity contribution is 7.20. The van der Waals surface area contributed by atoms with Crippen LogP contribution in [0.25, 0.3) is 10.1 Å². The molecule has 2 heterocycles. The molecule has 2 aromatic carbocycles. The van der Waals surface area contributed by atoms with Gasteiger partial charge in [0.1, 0.15) is 5.84 Å². The quantitative estimate of drug-likeness (QED) is 0.568. The van der Waals surface area contributed by atoms with Crippen molar-refractivity contribution in [3.05, 3.63) is 58.5 Å². The van der Waals surface area contributed by atoms with E-state index in [-0.39, 0.29) is 5.84 Å². The van der Waals surface area contributed by atoms with Crippen molar-refractivity contribution in [1.29, 1.82) is 5.41 Å². The Morgan fingerprint density at radius 2 is 1.96 bits per heavy atom. The third-order valence-corrected chi connectivity index (χ3v) is 5.17. The first-order valence-corrected chi connectivity index (χ1v) is 8.27. The highest BCUT2D eigenvalue weighted by Gasteiger charge is 2.13. The maximum absolute atomic E-state index is 7.61. The minimum absolute atomic E-state index is 0.132. The maximum atomic E-state index is 7.61. The summed E-state index contributed by atoms with van der Waals surface area (Å²) in [6.07, 6.45) is 1.87. The number of amidine groups is 1. The zero-order valence-corrected chi connectivity index (χ0v) is 13.3. The number of fused-ring (bicyclic) bond motifs is 2. The van der Waals surface area contributed by atoms with E-state index in [0.717, 1.165) is 29.2 Å². The van der Waals surface area contributed by atoms with E-state index in [1.807, 2.05) is 12.1 Å². The lowest BCUT2D eigenvalue weighted by molar-refractivity contribution is 0.174. The minimum Gasteiger partial charge on any atom is -0.454 e. The van der Waals surface area contributed by atoms with E-state index in [1.165, 1.54) is 21.2 Å². The number of nitrogens with two attached hydrogens (primary N) is 1. The second-order valence-corrected chi connectivity index (χ2v) is 6.62. The van der Waals surface area contributed by atoms with Gasteiger partial charge in [-0.1, -0.05) is 18.2 Å². The molecule has 0 unspecified atom stereocenters. The number of thiophene rings is 1. The van der Waals surface area contributed by atoms with Crippen molar-refractivity contribution in [2.24, 2.45) is 5.73 Å². The van der Waals surface area contributed by atoms with Crippen LogP contribution >= 0.6 is 11.3 Å². The second kappa shape index (κ2) is 5.59. The number of nitrogen functional groups attached to an aromatic ring is 1. The average molecular weight is 324 g/mol. The summed E-state index contributed by atoms with van der Waals surface area (Å²) in [6.45, 7) is 0.306. The van der Waals surface area contributed by atoms with E-state index < -0.39 is 0 Å². The van der Waals surface area contributed by atoms with Crippen molar-refractivity contribution in [3.63, 3.8) is 0 Å². The monoisotopic (exact) mass is 324 g/mol. The molecule has 0 fully saturated rings. The predicted molar refractivity (Wildman–Crippen MR) is 92.8 cm³/mol. The summed E-state index contributed by atoms with van der Waals surface area (Å²) in [7, 11) is 0. The van der Waals surface area contributed by atoms with Crippen LogP contribution in [0.15, 0.2) is 42.5 Å². The molecule has 0 atom stereocenters. The fourth-order valence-corrected chi connectivity index (χ4v) is 3.82. The van der Waals surface area contributed by atoms with Crippen molar-refractivity contribution in [2.75, 3.05) is 6.79 Å². The third-order valence-electron chi connectivity index (χ3n) is 4.04. The molecule has 0 bridgehead atoms. The summed E-state index contributed by atoms with van der Waals surface area (Å²) in [5.74, 6) is 1.78. The number of hydrogen-bond acceptors (Lipinski definition) is 4. The van der Waals surface area contributed by atoms with Crippen LogP contribution in [0.4, 0.5) is 0 Å². The molecule has 3 aromatic rings. The molecule has 0 radical (unpaired) electrons. The molecule has 0 spiro atoms. The van der Waals surface area contributed by atoms with Crippen LogP contribution in [0.3, 0.4) is 0 Å². The fourth-order valence-electron chi connectivity index (χ4n) is 2.85. The predicted octanol–water partition coefficient (Wildman–Crippen LogP) is 3.70.